The first-order chi connectivity index (χ1) is 7.22. The highest BCUT2D eigenvalue weighted by Gasteiger charge is 2.19. The number of unbranched alkanes of at least 4 members (excludes halogenated alkanes) is 2. The van der Waals surface area contributed by atoms with Crippen molar-refractivity contribution < 1.29 is 9.90 Å². The largest absolute Gasteiger partial charge is 0.480 e. The molecular weight excluding hydrogens is 190 g/mol. The van der Waals surface area contributed by atoms with Gasteiger partial charge < -0.3 is 5.11 Å². The number of likely N-dealkylation sites (tertiary alicyclic amines) is 1. The molecule has 1 heterocycles. The number of carboxylic acid groups (broad SMARTS) is 1. The Morgan fingerprint density at radius 3 is 2.53 bits per heavy atom. The van der Waals surface area contributed by atoms with Crippen LogP contribution in [0.15, 0.2) is 0 Å². The molecule has 0 amide bonds. The van der Waals surface area contributed by atoms with Crippen LogP contribution in [0.4, 0.5) is 0 Å². The van der Waals surface area contributed by atoms with Gasteiger partial charge in [-0.2, -0.15) is 0 Å². The number of carboxylic acids is 1. The summed E-state index contributed by atoms with van der Waals surface area (Å²) in [6, 6.07) is 0. The third-order valence-electron chi connectivity index (χ3n) is 3.28. The third-order valence-corrected chi connectivity index (χ3v) is 3.28. The molecule has 1 fully saturated rings. The lowest BCUT2D eigenvalue weighted by Crippen LogP contribution is -2.37. The van der Waals surface area contributed by atoms with Crippen LogP contribution in [-0.2, 0) is 4.79 Å². The number of rotatable bonds is 6. The number of hydrogen-bond donors (Lipinski definition) is 1. The highest BCUT2D eigenvalue weighted by atomic mass is 16.4. The molecule has 3 heteroatoms. The van der Waals surface area contributed by atoms with E-state index < -0.39 is 5.97 Å². The van der Waals surface area contributed by atoms with E-state index in [0.717, 1.165) is 19.0 Å². The van der Waals surface area contributed by atoms with E-state index in [0.29, 0.717) is 0 Å². The van der Waals surface area contributed by atoms with Crippen molar-refractivity contribution in [2.45, 2.75) is 45.4 Å². The average molecular weight is 213 g/mol. The molecule has 0 aliphatic carbocycles. The zero-order chi connectivity index (χ0) is 11.1. The van der Waals surface area contributed by atoms with Gasteiger partial charge in [0, 0.05) is 0 Å². The van der Waals surface area contributed by atoms with Gasteiger partial charge in [0.2, 0.25) is 0 Å². The smallest absolute Gasteiger partial charge is 0.317 e. The topological polar surface area (TPSA) is 40.5 Å². The number of carbonyl (C=O) groups is 1. The van der Waals surface area contributed by atoms with Crippen molar-refractivity contribution in [3.05, 3.63) is 0 Å². The number of nitrogens with zero attached hydrogens (tertiary/aromatic N) is 1. The maximum absolute atomic E-state index is 10.5. The molecule has 3 nitrogen and oxygen atoms in total. The quantitative estimate of drug-likeness (QED) is 0.689. The summed E-state index contributed by atoms with van der Waals surface area (Å²) in [4.78, 5) is 12.6. The lowest BCUT2D eigenvalue weighted by Gasteiger charge is -2.30. The predicted molar refractivity (Wildman–Crippen MR) is 60.9 cm³/mol. The Kier molecular flexibility index (Phi) is 5.69. The second-order valence-corrected chi connectivity index (χ2v) is 4.61. The molecule has 0 aromatic rings. The summed E-state index contributed by atoms with van der Waals surface area (Å²) in [6.07, 6.45) is 7.70. The first-order valence-electron chi connectivity index (χ1n) is 6.16. The van der Waals surface area contributed by atoms with Crippen molar-refractivity contribution in [3.63, 3.8) is 0 Å². The van der Waals surface area contributed by atoms with E-state index in [9.17, 15) is 4.79 Å². The van der Waals surface area contributed by atoms with E-state index >= 15 is 0 Å². The first-order valence-corrected chi connectivity index (χ1v) is 6.16. The Balaban J connectivity index is 2.10. The van der Waals surface area contributed by atoms with Crippen LogP contribution in [0.1, 0.15) is 45.4 Å². The molecule has 88 valence electrons. The van der Waals surface area contributed by atoms with Crippen LogP contribution in [-0.4, -0.2) is 35.6 Å². The number of aliphatic carboxylic acids is 1. The fourth-order valence-corrected chi connectivity index (χ4v) is 2.31. The van der Waals surface area contributed by atoms with Gasteiger partial charge >= 0.3 is 5.97 Å². The fraction of sp³-hybridized carbons (Fsp3) is 0.917. The average Bonchev–Trinajstić information content (AvgIpc) is 2.20. The molecule has 0 aromatic heterocycles. The molecule has 15 heavy (non-hydrogen) atoms. The van der Waals surface area contributed by atoms with E-state index in [4.69, 9.17) is 5.11 Å². The van der Waals surface area contributed by atoms with Crippen LogP contribution in [0.2, 0.25) is 0 Å². The van der Waals surface area contributed by atoms with E-state index in [1.807, 2.05) is 0 Å². The monoisotopic (exact) mass is 213 g/mol. The molecule has 0 atom stereocenters. The van der Waals surface area contributed by atoms with Crippen LogP contribution in [0.25, 0.3) is 0 Å². The van der Waals surface area contributed by atoms with Crippen molar-refractivity contribution >= 4 is 5.97 Å². The van der Waals surface area contributed by atoms with Gasteiger partial charge in [-0.25, -0.2) is 0 Å². The minimum Gasteiger partial charge on any atom is -0.480 e. The lowest BCUT2D eigenvalue weighted by molar-refractivity contribution is -0.138. The molecule has 1 N–H and O–H groups in total. The summed E-state index contributed by atoms with van der Waals surface area (Å²) in [7, 11) is 0. The van der Waals surface area contributed by atoms with Gasteiger partial charge in [-0.1, -0.05) is 32.6 Å². The first kappa shape index (κ1) is 12.5. The Morgan fingerprint density at radius 1 is 1.33 bits per heavy atom. The van der Waals surface area contributed by atoms with Crippen LogP contribution < -0.4 is 0 Å². The zero-order valence-electron chi connectivity index (χ0n) is 9.74. The highest BCUT2D eigenvalue weighted by molar-refractivity contribution is 5.69. The Labute approximate surface area is 92.5 Å². The summed E-state index contributed by atoms with van der Waals surface area (Å²) >= 11 is 0. The summed E-state index contributed by atoms with van der Waals surface area (Å²) < 4.78 is 0. The standard InChI is InChI=1S/C12H23NO2/c1-2-3-4-5-11-6-8-13(9-7-11)10-12(14)15/h11H,2-10H2,1H3,(H,14,15). The van der Waals surface area contributed by atoms with Gasteiger partial charge in [-0.15, -0.1) is 0 Å². The van der Waals surface area contributed by atoms with Crippen molar-refractivity contribution in [1.82, 2.24) is 4.90 Å². The summed E-state index contributed by atoms with van der Waals surface area (Å²) in [5, 5.41) is 8.66. The minimum absolute atomic E-state index is 0.224. The molecule has 0 aromatic carbocycles. The molecular formula is C12H23NO2. The van der Waals surface area contributed by atoms with Gasteiger partial charge in [-0.3, -0.25) is 9.69 Å². The van der Waals surface area contributed by atoms with Crippen LogP contribution >= 0.6 is 0 Å². The van der Waals surface area contributed by atoms with Gasteiger partial charge in [0.1, 0.15) is 0 Å². The van der Waals surface area contributed by atoms with E-state index in [2.05, 4.69) is 11.8 Å². The minimum atomic E-state index is -0.695. The zero-order valence-corrected chi connectivity index (χ0v) is 9.74. The van der Waals surface area contributed by atoms with Crippen molar-refractivity contribution in [2.75, 3.05) is 19.6 Å². The van der Waals surface area contributed by atoms with E-state index in [1.54, 1.807) is 0 Å². The Morgan fingerprint density at radius 2 is 2.00 bits per heavy atom. The second-order valence-electron chi connectivity index (χ2n) is 4.61. The van der Waals surface area contributed by atoms with Crippen molar-refractivity contribution in [2.24, 2.45) is 5.92 Å². The molecule has 1 rings (SSSR count). The Bertz CT molecular complexity index is 186. The molecule has 1 aliphatic rings. The van der Waals surface area contributed by atoms with Gasteiger partial charge in [0.05, 0.1) is 6.54 Å². The molecule has 1 saturated heterocycles. The van der Waals surface area contributed by atoms with Gasteiger partial charge in [-0.05, 0) is 31.8 Å². The van der Waals surface area contributed by atoms with Gasteiger partial charge in [0.25, 0.3) is 0 Å². The Hall–Kier alpha value is -0.570. The van der Waals surface area contributed by atoms with Crippen LogP contribution in [0.3, 0.4) is 0 Å². The van der Waals surface area contributed by atoms with Crippen LogP contribution in [0, 0.1) is 5.92 Å². The maximum atomic E-state index is 10.5. The highest BCUT2D eigenvalue weighted by Crippen LogP contribution is 2.22. The number of piperidine rings is 1. The number of hydrogen-bond acceptors (Lipinski definition) is 2. The summed E-state index contributed by atoms with van der Waals surface area (Å²) in [5.41, 5.74) is 0. The predicted octanol–water partition coefficient (Wildman–Crippen LogP) is 2.36. The lowest BCUT2D eigenvalue weighted by atomic mass is 9.91. The molecule has 0 spiro atoms. The SMILES string of the molecule is CCCCCC1CCN(CC(=O)O)CC1. The van der Waals surface area contributed by atoms with Gasteiger partial charge in [0.15, 0.2) is 0 Å². The second kappa shape index (κ2) is 6.83. The molecule has 1 aliphatic heterocycles. The summed E-state index contributed by atoms with van der Waals surface area (Å²) in [5.74, 6) is 0.154. The van der Waals surface area contributed by atoms with Crippen molar-refractivity contribution in [1.29, 1.82) is 0 Å². The normalized spacial score (nSPS) is 19.3. The van der Waals surface area contributed by atoms with E-state index in [-0.39, 0.29) is 6.54 Å². The molecule has 0 radical (unpaired) electrons. The van der Waals surface area contributed by atoms with Crippen LogP contribution in [0.5, 0.6) is 0 Å². The van der Waals surface area contributed by atoms with Crippen molar-refractivity contribution in [3.8, 4) is 0 Å². The third kappa shape index (κ3) is 5.17. The maximum Gasteiger partial charge on any atom is 0.317 e. The summed E-state index contributed by atoms with van der Waals surface area (Å²) in [6.45, 7) is 4.41. The molecule has 0 saturated carbocycles. The molecule has 0 unspecified atom stereocenters. The van der Waals surface area contributed by atoms with E-state index in [1.165, 1.54) is 38.5 Å². The molecule has 0 bridgehead atoms. The fourth-order valence-electron chi connectivity index (χ4n) is 2.31.